The maximum absolute atomic E-state index is 12.9. The van der Waals surface area contributed by atoms with Gasteiger partial charge in [0.15, 0.2) is 5.13 Å². The highest BCUT2D eigenvalue weighted by molar-refractivity contribution is 7.16. The number of carbonyl (C=O) groups excluding carboxylic acids is 1. The van der Waals surface area contributed by atoms with E-state index < -0.39 is 0 Å². The topological polar surface area (TPSA) is 42.0 Å². The molecule has 5 heteroatoms. The Kier molecular flexibility index (Phi) is 4.21. The van der Waals surface area contributed by atoms with Crippen molar-refractivity contribution in [2.75, 3.05) is 5.32 Å². The van der Waals surface area contributed by atoms with Crippen LogP contribution >= 0.6 is 11.3 Å². The molecular formula is C18H15FN2OS. The van der Waals surface area contributed by atoms with Crippen molar-refractivity contribution in [3.8, 4) is 11.3 Å². The molecular weight excluding hydrogens is 311 g/mol. The van der Waals surface area contributed by atoms with Gasteiger partial charge in [-0.3, -0.25) is 10.1 Å². The summed E-state index contributed by atoms with van der Waals surface area (Å²) >= 11 is 1.42. The number of nitrogens with one attached hydrogen (secondary N) is 1. The smallest absolute Gasteiger partial charge is 0.257 e. The van der Waals surface area contributed by atoms with Gasteiger partial charge in [-0.05, 0) is 38.1 Å². The van der Waals surface area contributed by atoms with Gasteiger partial charge in [-0.1, -0.05) is 29.8 Å². The lowest BCUT2D eigenvalue weighted by molar-refractivity contribution is 0.102. The van der Waals surface area contributed by atoms with E-state index in [2.05, 4.69) is 10.3 Å². The highest BCUT2D eigenvalue weighted by Crippen LogP contribution is 2.30. The second-order valence-electron chi connectivity index (χ2n) is 5.25. The molecule has 0 radical (unpaired) electrons. The molecule has 1 aromatic heterocycles. The number of benzene rings is 2. The van der Waals surface area contributed by atoms with Crippen LogP contribution in [0.25, 0.3) is 11.3 Å². The standard InChI is InChI=1S/C18H15FN2OS/c1-11-3-5-13(6-4-11)16-12(2)23-18(20-16)21-17(22)14-7-9-15(19)10-8-14/h3-10H,1-2H3,(H,20,21,22). The second kappa shape index (κ2) is 6.30. The Morgan fingerprint density at radius 2 is 1.70 bits per heavy atom. The number of halogens is 1. The number of amides is 1. The van der Waals surface area contributed by atoms with Gasteiger partial charge in [0.05, 0.1) is 5.69 Å². The Balaban J connectivity index is 1.82. The largest absolute Gasteiger partial charge is 0.298 e. The maximum Gasteiger partial charge on any atom is 0.257 e. The fraction of sp³-hybridized carbons (Fsp3) is 0.111. The van der Waals surface area contributed by atoms with Gasteiger partial charge in [-0.25, -0.2) is 9.37 Å². The summed E-state index contributed by atoms with van der Waals surface area (Å²) in [7, 11) is 0. The Bertz CT molecular complexity index is 838. The fourth-order valence-electron chi connectivity index (χ4n) is 2.20. The first-order chi connectivity index (χ1) is 11.0. The van der Waals surface area contributed by atoms with Gasteiger partial charge in [0.2, 0.25) is 0 Å². The maximum atomic E-state index is 12.9. The van der Waals surface area contributed by atoms with Crippen molar-refractivity contribution in [1.29, 1.82) is 0 Å². The van der Waals surface area contributed by atoms with E-state index in [4.69, 9.17) is 0 Å². The first kappa shape index (κ1) is 15.4. The minimum absolute atomic E-state index is 0.297. The number of aryl methyl sites for hydroxylation is 2. The number of hydrogen-bond donors (Lipinski definition) is 1. The molecule has 1 N–H and O–H groups in total. The molecule has 1 amide bonds. The van der Waals surface area contributed by atoms with Crippen molar-refractivity contribution in [3.63, 3.8) is 0 Å². The molecule has 0 aliphatic rings. The number of carbonyl (C=O) groups is 1. The molecule has 0 aliphatic heterocycles. The molecule has 0 saturated carbocycles. The van der Waals surface area contributed by atoms with Crippen LogP contribution in [-0.4, -0.2) is 10.9 Å². The number of hydrogen-bond acceptors (Lipinski definition) is 3. The summed E-state index contributed by atoms with van der Waals surface area (Å²) < 4.78 is 12.9. The van der Waals surface area contributed by atoms with E-state index in [1.165, 1.54) is 41.2 Å². The third-order valence-electron chi connectivity index (χ3n) is 3.45. The lowest BCUT2D eigenvalue weighted by atomic mass is 10.1. The van der Waals surface area contributed by atoms with E-state index in [1.54, 1.807) is 0 Å². The molecule has 0 aliphatic carbocycles. The summed E-state index contributed by atoms with van der Waals surface area (Å²) in [6.45, 7) is 4.01. The minimum Gasteiger partial charge on any atom is -0.298 e. The van der Waals surface area contributed by atoms with Crippen molar-refractivity contribution in [2.24, 2.45) is 0 Å². The van der Waals surface area contributed by atoms with Crippen LogP contribution in [0.2, 0.25) is 0 Å². The normalized spacial score (nSPS) is 10.6. The van der Waals surface area contributed by atoms with Gasteiger partial charge < -0.3 is 0 Å². The summed E-state index contributed by atoms with van der Waals surface area (Å²) in [6, 6.07) is 13.5. The van der Waals surface area contributed by atoms with E-state index >= 15 is 0 Å². The van der Waals surface area contributed by atoms with Crippen LogP contribution in [-0.2, 0) is 0 Å². The Morgan fingerprint density at radius 1 is 1.04 bits per heavy atom. The third-order valence-corrected chi connectivity index (χ3v) is 4.33. The molecule has 0 bridgehead atoms. The summed E-state index contributed by atoms with van der Waals surface area (Å²) in [5, 5.41) is 3.30. The second-order valence-corrected chi connectivity index (χ2v) is 6.45. The number of thiazole rings is 1. The third kappa shape index (κ3) is 3.46. The quantitative estimate of drug-likeness (QED) is 0.750. The van der Waals surface area contributed by atoms with E-state index in [0.717, 1.165) is 16.1 Å². The lowest BCUT2D eigenvalue weighted by Crippen LogP contribution is -2.11. The predicted octanol–water partition coefficient (Wildman–Crippen LogP) is 4.82. The first-order valence-corrected chi connectivity index (χ1v) is 7.96. The van der Waals surface area contributed by atoms with E-state index in [0.29, 0.717) is 10.7 Å². The van der Waals surface area contributed by atoms with Gasteiger partial charge in [0, 0.05) is 16.0 Å². The van der Waals surface area contributed by atoms with Crippen molar-refractivity contribution < 1.29 is 9.18 Å². The molecule has 2 aromatic carbocycles. The van der Waals surface area contributed by atoms with Gasteiger partial charge in [0.1, 0.15) is 5.82 Å². The SMILES string of the molecule is Cc1ccc(-c2nc(NC(=O)c3ccc(F)cc3)sc2C)cc1. The van der Waals surface area contributed by atoms with Gasteiger partial charge in [0.25, 0.3) is 5.91 Å². The van der Waals surface area contributed by atoms with Crippen LogP contribution in [0.3, 0.4) is 0 Å². The molecule has 0 saturated heterocycles. The molecule has 23 heavy (non-hydrogen) atoms. The molecule has 3 nitrogen and oxygen atoms in total. The van der Waals surface area contributed by atoms with Crippen LogP contribution in [0.1, 0.15) is 20.8 Å². The Hall–Kier alpha value is -2.53. The van der Waals surface area contributed by atoms with Gasteiger partial charge in [-0.2, -0.15) is 0 Å². The Morgan fingerprint density at radius 3 is 2.35 bits per heavy atom. The zero-order chi connectivity index (χ0) is 16.4. The zero-order valence-corrected chi connectivity index (χ0v) is 13.6. The van der Waals surface area contributed by atoms with Crippen molar-refractivity contribution >= 4 is 22.4 Å². The molecule has 0 unspecified atom stereocenters. The molecule has 1 heterocycles. The van der Waals surface area contributed by atoms with E-state index in [-0.39, 0.29) is 11.7 Å². The van der Waals surface area contributed by atoms with Crippen LogP contribution in [0.15, 0.2) is 48.5 Å². The van der Waals surface area contributed by atoms with Crippen LogP contribution < -0.4 is 5.32 Å². The van der Waals surface area contributed by atoms with E-state index in [9.17, 15) is 9.18 Å². The molecule has 116 valence electrons. The van der Waals surface area contributed by atoms with Crippen molar-refractivity contribution in [1.82, 2.24) is 4.98 Å². The zero-order valence-electron chi connectivity index (χ0n) is 12.8. The highest BCUT2D eigenvalue weighted by atomic mass is 32.1. The number of nitrogens with zero attached hydrogens (tertiary/aromatic N) is 1. The summed E-state index contributed by atoms with van der Waals surface area (Å²) in [6.07, 6.45) is 0. The molecule has 0 fully saturated rings. The van der Waals surface area contributed by atoms with Crippen LogP contribution in [0, 0.1) is 19.7 Å². The monoisotopic (exact) mass is 326 g/mol. The predicted molar refractivity (Wildman–Crippen MR) is 91.4 cm³/mol. The minimum atomic E-state index is -0.367. The van der Waals surface area contributed by atoms with Crippen molar-refractivity contribution in [3.05, 3.63) is 70.4 Å². The lowest BCUT2D eigenvalue weighted by Gasteiger charge is -2.01. The molecule has 3 rings (SSSR count). The average molecular weight is 326 g/mol. The number of rotatable bonds is 3. The number of anilines is 1. The van der Waals surface area contributed by atoms with Crippen LogP contribution in [0.4, 0.5) is 9.52 Å². The van der Waals surface area contributed by atoms with Crippen molar-refractivity contribution in [2.45, 2.75) is 13.8 Å². The van der Waals surface area contributed by atoms with Gasteiger partial charge >= 0.3 is 0 Å². The summed E-state index contributed by atoms with van der Waals surface area (Å²) in [5.74, 6) is -0.664. The first-order valence-electron chi connectivity index (χ1n) is 7.14. The molecule has 3 aromatic rings. The Labute approximate surface area is 137 Å². The van der Waals surface area contributed by atoms with Gasteiger partial charge in [-0.15, -0.1) is 11.3 Å². The average Bonchev–Trinajstić information content (AvgIpc) is 2.89. The van der Waals surface area contributed by atoms with E-state index in [1.807, 2.05) is 38.1 Å². The molecule has 0 atom stereocenters. The highest BCUT2D eigenvalue weighted by Gasteiger charge is 2.13. The van der Waals surface area contributed by atoms with Crippen LogP contribution in [0.5, 0.6) is 0 Å². The number of aromatic nitrogens is 1. The summed E-state index contributed by atoms with van der Waals surface area (Å²) in [4.78, 5) is 17.7. The molecule has 0 spiro atoms. The summed E-state index contributed by atoms with van der Waals surface area (Å²) in [5.41, 5.74) is 3.47. The fourth-order valence-corrected chi connectivity index (χ4v) is 3.03.